The van der Waals surface area contributed by atoms with Gasteiger partial charge in [-0.25, -0.2) is 0 Å². The normalized spacial score (nSPS) is 26.2. The van der Waals surface area contributed by atoms with Gasteiger partial charge in [-0.3, -0.25) is 14.4 Å². The van der Waals surface area contributed by atoms with Crippen molar-refractivity contribution in [3.63, 3.8) is 0 Å². The number of phenolic OH excluding ortho intramolecular Hbond substituents is 2. The molecule has 6 nitrogen and oxygen atoms in total. The minimum atomic E-state index is -1.63. The molecular weight excluding hydrogens is 612 g/mol. The van der Waals surface area contributed by atoms with E-state index in [2.05, 4.69) is 45.9 Å². The second-order valence-electron chi connectivity index (χ2n) is 15.6. The van der Waals surface area contributed by atoms with Gasteiger partial charge in [0.1, 0.15) is 16.7 Å². The molecule has 0 amide bonds. The largest absolute Gasteiger partial charge is 0.506 e. The van der Waals surface area contributed by atoms with Crippen LogP contribution < -0.4 is 0 Å². The molecule has 1 aromatic rings. The molecule has 0 saturated heterocycles. The van der Waals surface area contributed by atoms with Gasteiger partial charge in [0.15, 0.2) is 28.8 Å². The van der Waals surface area contributed by atoms with Crippen LogP contribution in [-0.4, -0.2) is 32.7 Å². The van der Waals surface area contributed by atoms with Crippen LogP contribution in [0.5, 0.6) is 11.5 Å². The zero-order valence-electron chi connectivity index (χ0n) is 31.4. The van der Waals surface area contributed by atoms with Gasteiger partial charge in [-0.05, 0) is 143 Å². The SMILES string of the molecule is CC(C)=CCC/C(C)=C/CC1CC2(CC=C(C)C)C(=O)C(=C(O)c3ccc(O)c(O)c3)C(=O)C(CC=C(C)C)(C2=O)C1(C)CCC=C(C)C. The third-order valence-corrected chi connectivity index (χ3v) is 10.8. The van der Waals surface area contributed by atoms with E-state index in [1.807, 2.05) is 53.7 Å². The standard InChI is InChI=1S/C43H58O6/c1-27(2)13-11-15-31(9)16-18-33-26-42(23-20-29(5)6)38(47)36(37(46)32-17-19-34(44)35(45)25-32)39(48)43(40(42)49,24-21-30(7)8)41(33,10)22-12-14-28(3)4/h13-14,16-17,19-21,25,33,44-46H,11-12,15,18,22-24,26H2,1-10H3/b31-16+,37-36?. The van der Waals surface area contributed by atoms with Crippen molar-refractivity contribution in [2.24, 2.45) is 22.2 Å². The van der Waals surface area contributed by atoms with Crippen molar-refractivity contribution >= 4 is 23.1 Å². The van der Waals surface area contributed by atoms with E-state index in [4.69, 9.17) is 0 Å². The molecule has 2 saturated carbocycles. The predicted octanol–water partition coefficient (Wildman–Crippen LogP) is 10.6. The summed E-state index contributed by atoms with van der Waals surface area (Å²) >= 11 is 0. The van der Waals surface area contributed by atoms with E-state index in [1.54, 1.807) is 0 Å². The molecule has 0 spiro atoms. The van der Waals surface area contributed by atoms with Gasteiger partial charge in [-0.15, -0.1) is 0 Å². The molecule has 3 N–H and O–H groups in total. The number of fused-ring (bicyclic) bond motifs is 2. The fourth-order valence-electron chi connectivity index (χ4n) is 7.78. The Bertz CT molecular complexity index is 1650. The van der Waals surface area contributed by atoms with Crippen LogP contribution in [0, 0.1) is 22.2 Å². The second kappa shape index (κ2) is 15.7. The number of ketones is 3. The highest BCUT2D eigenvalue weighted by atomic mass is 16.3. The molecule has 0 heterocycles. The van der Waals surface area contributed by atoms with Gasteiger partial charge >= 0.3 is 0 Å². The number of aliphatic hydroxyl groups excluding tert-OH is 1. The molecule has 0 radical (unpaired) electrons. The summed E-state index contributed by atoms with van der Waals surface area (Å²) in [6.07, 6.45) is 14.6. The number of aromatic hydroxyl groups is 2. The second-order valence-corrected chi connectivity index (χ2v) is 15.6. The molecule has 2 aliphatic rings. The maximum Gasteiger partial charge on any atom is 0.184 e. The summed E-state index contributed by atoms with van der Waals surface area (Å²) in [6.45, 7) is 20.1. The van der Waals surface area contributed by atoms with Crippen LogP contribution in [0.4, 0.5) is 0 Å². The van der Waals surface area contributed by atoms with Gasteiger partial charge in [0.2, 0.25) is 0 Å². The monoisotopic (exact) mass is 670 g/mol. The quantitative estimate of drug-likeness (QED) is 0.0481. The molecule has 266 valence electrons. The number of Topliss-reactive ketones (excluding diaryl/α,β-unsaturated/α-hetero) is 3. The van der Waals surface area contributed by atoms with Gasteiger partial charge in [-0.1, -0.05) is 65.2 Å². The minimum absolute atomic E-state index is 0.0202. The lowest BCUT2D eigenvalue weighted by atomic mass is 9.37. The van der Waals surface area contributed by atoms with Crippen molar-refractivity contribution in [2.45, 2.75) is 121 Å². The Balaban J connectivity index is 2.44. The van der Waals surface area contributed by atoms with E-state index in [1.165, 1.54) is 23.3 Å². The topological polar surface area (TPSA) is 112 Å². The van der Waals surface area contributed by atoms with E-state index in [9.17, 15) is 20.1 Å². The Labute approximate surface area is 294 Å². The Morgan fingerprint density at radius 1 is 0.755 bits per heavy atom. The summed E-state index contributed by atoms with van der Waals surface area (Å²) in [4.78, 5) is 45.6. The average Bonchev–Trinajstić information content (AvgIpc) is 3.00. The zero-order chi connectivity index (χ0) is 36.9. The number of carbonyl (C=O) groups is 3. The first-order valence-corrected chi connectivity index (χ1v) is 17.6. The van der Waals surface area contributed by atoms with Gasteiger partial charge in [0.25, 0.3) is 0 Å². The Morgan fingerprint density at radius 2 is 1.33 bits per heavy atom. The smallest absolute Gasteiger partial charge is 0.184 e. The summed E-state index contributed by atoms with van der Waals surface area (Å²) in [7, 11) is 0. The lowest BCUT2D eigenvalue weighted by molar-refractivity contribution is -0.178. The van der Waals surface area contributed by atoms with E-state index in [0.717, 1.165) is 35.6 Å². The molecule has 2 aliphatic carbocycles. The Hall–Kier alpha value is -3.93. The average molecular weight is 671 g/mol. The molecule has 4 unspecified atom stereocenters. The number of carbonyl (C=O) groups excluding carboxylic acids is 3. The zero-order valence-corrected chi connectivity index (χ0v) is 31.4. The highest BCUT2D eigenvalue weighted by Crippen LogP contribution is 2.67. The van der Waals surface area contributed by atoms with Crippen molar-refractivity contribution in [1.82, 2.24) is 0 Å². The summed E-state index contributed by atoms with van der Waals surface area (Å²) in [6, 6.07) is 3.69. The maximum atomic E-state index is 15.4. The molecular formula is C43H58O6. The highest BCUT2D eigenvalue weighted by molar-refractivity contribution is 6.41. The van der Waals surface area contributed by atoms with E-state index in [-0.39, 0.29) is 36.5 Å². The minimum Gasteiger partial charge on any atom is -0.506 e. The Kier molecular flexibility index (Phi) is 12.7. The lowest BCUT2D eigenvalue weighted by Gasteiger charge is -2.61. The van der Waals surface area contributed by atoms with Crippen LogP contribution in [0.25, 0.3) is 5.76 Å². The van der Waals surface area contributed by atoms with Crippen molar-refractivity contribution in [1.29, 1.82) is 0 Å². The predicted molar refractivity (Wildman–Crippen MR) is 199 cm³/mol. The molecule has 49 heavy (non-hydrogen) atoms. The first kappa shape index (κ1) is 39.5. The van der Waals surface area contributed by atoms with Crippen molar-refractivity contribution in [3.8, 4) is 11.5 Å². The van der Waals surface area contributed by atoms with Crippen LogP contribution in [0.2, 0.25) is 0 Å². The van der Waals surface area contributed by atoms with Crippen LogP contribution in [-0.2, 0) is 14.4 Å². The molecule has 0 aromatic heterocycles. The summed E-state index contributed by atoms with van der Waals surface area (Å²) < 4.78 is 0. The van der Waals surface area contributed by atoms with Crippen molar-refractivity contribution in [3.05, 3.63) is 87.6 Å². The third kappa shape index (κ3) is 7.95. The fraction of sp³-hybridized carbons (Fsp3) is 0.512. The summed E-state index contributed by atoms with van der Waals surface area (Å²) in [5.41, 5.74) is 1.11. The third-order valence-electron chi connectivity index (χ3n) is 10.8. The molecule has 2 fully saturated rings. The van der Waals surface area contributed by atoms with Crippen LogP contribution in [0.15, 0.2) is 82.0 Å². The Morgan fingerprint density at radius 3 is 1.90 bits per heavy atom. The molecule has 3 rings (SSSR count). The first-order valence-electron chi connectivity index (χ1n) is 17.6. The molecule has 4 atom stereocenters. The summed E-state index contributed by atoms with van der Waals surface area (Å²) in [5.74, 6) is -3.33. The number of aliphatic hydroxyl groups is 1. The van der Waals surface area contributed by atoms with Crippen molar-refractivity contribution < 1.29 is 29.7 Å². The van der Waals surface area contributed by atoms with Crippen LogP contribution in [0.3, 0.4) is 0 Å². The molecule has 6 heteroatoms. The number of hydrogen-bond donors (Lipinski definition) is 3. The molecule has 1 aromatic carbocycles. The van der Waals surface area contributed by atoms with E-state index >= 15 is 9.59 Å². The van der Waals surface area contributed by atoms with E-state index < -0.39 is 50.6 Å². The summed E-state index contributed by atoms with van der Waals surface area (Å²) in [5, 5.41) is 32.0. The van der Waals surface area contributed by atoms with Crippen molar-refractivity contribution in [2.75, 3.05) is 0 Å². The van der Waals surface area contributed by atoms with Crippen LogP contribution >= 0.6 is 0 Å². The number of benzene rings is 1. The fourth-order valence-corrected chi connectivity index (χ4v) is 7.78. The molecule has 0 aliphatic heterocycles. The maximum absolute atomic E-state index is 15.4. The van der Waals surface area contributed by atoms with E-state index in [0.29, 0.717) is 19.3 Å². The number of hydrogen-bond acceptors (Lipinski definition) is 6. The number of phenols is 2. The number of allylic oxidation sites excluding steroid dienone is 11. The number of rotatable bonds is 13. The van der Waals surface area contributed by atoms with Gasteiger partial charge in [0, 0.05) is 5.56 Å². The first-order chi connectivity index (χ1) is 22.8. The molecule has 2 bridgehead atoms. The van der Waals surface area contributed by atoms with Gasteiger partial charge in [-0.2, -0.15) is 0 Å². The van der Waals surface area contributed by atoms with Crippen LogP contribution in [0.1, 0.15) is 126 Å². The van der Waals surface area contributed by atoms with Gasteiger partial charge in [0.05, 0.1) is 5.41 Å². The lowest BCUT2D eigenvalue weighted by Crippen LogP contribution is -2.70. The van der Waals surface area contributed by atoms with Gasteiger partial charge < -0.3 is 15.3 Å². The highest BCUT2D eigenvalue weighted by Gasteiger charge is 2.74.